The van der Waals surface area contributed by atoms with E-state index in [2.05, 4.69) is 10.3 Å². The van der Waals surface area contributed by atoms with Gasteiger partial charge in [-0.2, -0.15) is 8.78 Å². The van der Waals surface area contributed by atoms with Gasteiger partial charge in [0.05, 0.1) is 22.9 Å². The fourth-order valence-corrected chi connectivity index (χ4v) is 4.19. The molecule has 30 heavy (non-hydrogen) atoms. The minimum absolute atomic E-state index is 0.0770. The fourth-order valence-electron chi connectivity index (χ4n) is 3.59. The first-order chi connectivity index (χ1) is 14.5. The van der Waals surface area contributed by atoms with Crippen LogP contribution in [0.2, 0.25) is 0 Å². The average molecular weight is 434 g/mol. The Bertz CT molecular complexity index is 1030. The van der Waals surface area contributed by atoms with Crippen LogP contribution in [0.25, 0.3) is 11.0 Å². The number of nitrogens with zero attached hydrogens (tertiary/aromatic N) is 3. The van der Waals surface area contributed by atoms with Crippen molar-refractivity contribution in [2.24, 2.45) is 0 Å². The maximum atomic E-state index is 12.9. The Morgan fingerprint density at radius 2 is 2.00 bits per heavy atom. The van der Waals surface area contributed by atoms with Crippen molar-refractivity contribution in [3.05, 3.63) is 48.4 Å². The van der Waals surface area contributed by atoms with E-state index in [9.17, 15) is 18.4 Å². The number of halogens is 2. The van der Waals surface area contributed by atoms with Gasteiger partial charge in [0.2, 0.25) is 5.91 Å². The van der Waals surface area contributed by atoms with Crippen LogP contribution >= 0.6 is 11.8 Å². The van der Waals surface area contributed by atoms with Crippen molar-refractivity contribution in [3.63, 3.8) is 0 Å². The van der Waals surface area contributed by atoms with Crippen molar-refractivity contribution in [2.45, 2.75) is 36.3 Å². The summed E-state index contributed by atoms with van der Waals surface area (Å²) in [6, 6.07) is 8.58. The SMILES string of the molecule is O=C(Cn1c(SC(F)F)nc2ccccc21)NC1CCN(C(=O)c2ccoc2)CC1. The summed E-state index contributed by atoms with van der Waals surface area (Å²) < 4.78 is 32.3. The molecule has 1 N–H and O–H groups in total. The van der Waals surface area contributed by atoms with E-state index >= 15 is 0 Å². The molecule has 1 aromatic carbocycles. The highest BCUT2D eigenvalue weighted by molar-refractivity contribution is 7.99. The Labute approximate surface area is 175 Å². The average Bonchev–Trinajstić information content (AvgIpc) is 3.37. The minimum atomic E-state index is -2.62. The number of hydrogen-bond donors (Lipinski definition) is 1. The number of fused-ring (bicyclic) bond motifs is 1. The summed E-state index contributed by atoms with van der Waals surface area (Å²) in [7, 11) is 0. The molecule has 0 saturated carbocycles. The number of amides is 2. The fraction of sp³-hybridized carbons (Fsp3) is 0.350. The molecule has 0 radical (unpaired) electrons. The van der Waals surface area contributed by atoms with Gasteiger partial charge in [-0.15, -0.1) is 0 Å². The van der Waals surface area contributed by atoms with Crippen LogP contribution in [0.3, 0.4) is 0 Å². The van der Waals surface area contributed by atoms with Gasteiger partial charge in [0, 0.05) is 19.1 Å². The van der Waals surface area contributed by atoms with E-state index in [1.807, 2.05) is 0 Å². The normalized spacial score (nSPS) is 15.1. The largest absolute Gasteiger partial charge is 0.472 e. The van der Waals surface area contributed by atoms with E-state index < -0.39 is 5.76 Å². The van der Waals surface area contributed by atoms with Gasteiger partial charge in [-0.05, 0) is 42.8 Å². The van der Waals surface area contributed by atoms with Gasteiger partial charge in [-0.1, -0.05) is 12.1 Å². The number of rotatable bonds is 6. The molecule has 0 bridgehead atoms. The molecule has 3 aromatic rings. The van der Waals surface area contributed by atoms with Crippen LogP contribution in [0.5, 0.6) is 0 Å². The van der Waals surface area contributed by atoms with Crippen molar-refractivity contribution in [1.29, 1.82) is 0 Å². The zero-order valence-electron chi connectivity index (χ0n) is 16.0. The number of carbonyl (C=O) groups excluding carboxylic acids is 2. The molecule has 3 heterocycles. The summed E-state index contributed by atoms with van der Waals surface area (Å²) in [6.45, 7) is 0.953. The number of piperidine rings is 1. The van der Waals surface area contributed by atoms with Crippen LogP contribution in [0, 0.1) is 0 Å². The molecule has 1 aliphatic heterocycles. The molecule has 0 spiro atoms. The number of hydrogen-bond acceptors (Lipinski definition) is 5. The van der Waals surface area contributed by atoms with Crippen molar-refractivity contribution >= 4 is 34.6 Å². The molecule has 1 saturated heterocycles. The Morgan fingerprint density at radius 3 is 2.70 bits per heavy atom. The van der Waals surface area contributed by atoms with Gasteiger partial charge in [0.1, 0.15) is 12.8 Å². The Kier molecular flexibility index (Phi) is 6.03. The van der Waals surface area contributed by atoms with Crippen LogP contribution in [-0.2, 0) is 11.3 Å². The van der Waals surface area contributed by atoms with Gasteiger partial charge in [-0.3, -0.25) is 9.59 Å². The number of likely N-dealkylation sites (tertiary alicyclic amines) is 1. The molecular weight excluding hydrogens is 414 g/mol. The first-order valence-electron chi connectivity index (χ1n) is 9.52. The molecule has 0 aliphatic carbocycles. The summed E-state index contributed by atoms with van der Waals surface area (Å²) in [6.07, 6.45) is 4.12. The topological polar surface area (TPSA) is 80.4 Å². The third-order valence-electron chi connectivity index (χ3n) is 5.03. The molecule has 10 heteroatoms. The zero-order valence-corrected chi connectivity index (χ0v) is 16.8. The van der Waals surface area contributed by atoms with Crippen molar-refractivity contribution in [1.82, 2.24) is 19.8 Å². The Morgan fingerprint density at radius 1 is 1.23 bits per heavy atom. The highest BCUT2D eigenvalue weighted by Crippen LogP contribution is 2.28. The van der Waals surface area contributed by atoms with Gasteiger partial charge in [0.15, 0.2) is 5.16 Å². The molecule has 7 nitrogen and oxygen atoms in total. The Balaban J connectivity index is 1.37. The number of thioether (sulfide) groups is 1. The standard InChI is InChI=1S/C20H20F2N4O3S/c21-19(22)30-20-24-15-3-1-2-4-16(15)26(20)11-17(27)23-14-5-8-25(9-6-14)18(28)13-7-10-29-12-13/h1-4,7,10,12,14,19H,5-6,8-9,11H2,(H,23,27). The summed E-state index contributed by atoms with van der Waals surface area (Å²) in [5.74, 6) is -2.98. The number of alkyl halides is 2. The molecule has 158 valence electrons. The van der Waals surface area contributed by atoms with Gasteiger partial charge < -0.3 is 19.2 Å². The third-order valence-corrected chi connectivity index (χ3v) is 5.73. The van der Waals surface area contributed by atoms with Crippen LogP contribution in [-0.4, -0.2) is 51.2 Å². The van der Waals surface area contributed by atoms with Crippen molar-refractivity contribution < 1.29 is 22.8 Å². The van der Waals surface area contributed by atoms with Crippen molar-refractivity contribution in [3.8, 4) is 0 Å². The van der Waals surface area contributed by atoms with E-state index in [1.54, 1.807) is 35.2 Å². The lowest BCUT2D eigenvalue weighted by atomic mass is 10.0. The lowest BCUT2D eigenvalue weighted by molar-refractivity contribution is -0.122. The molecule has 4 rings (SSSR count). The predicted molar refractivity (Wildman–Crippen MR) is 107 cm³/mol. The first kappa shape index (κ1) is 20.4. The molecule has 2 aromatic heterocycles. The summed E-state index contributed by atoms with van der Waals surface area (Å²) >= 11 is 0.328. The monoisotopic (exact) mass is 434 g/mol. The first-order valence-corrected chi connectivity index (χ1v) is 10.4. The second-order valence-corrected chi connectivity index (χ2v) is 7.95. The van der Waals surface area contributed by atoms with E-state index in [-0.39, 0.29) is 29.6 Å². The summed E-state index contributed by atoms with van der Waals surface area (Å²) in [5.41, 5.74) is 1.71. The quantitative estimate of drug-likeness (QED) is 0.602. The van der Waals surface area contributed by atoms with E-state index in [0.717, 1.165) is 0 Å². The molecule has 1 aliphatic rings. The van der Waals surface area contributed by atoms with Crippen LogP contribution < -0.4 is 5.32 Å². The molecule has 1 fully saturated rings. The molecule has 2 amide bonds. The third kappa shape index (κ3) is 4.48. The number of nitrogens with one attached hydrogen (secondary N) is 1. The second-order valence-electron chi connectivity index (χ2n) is 6.99. The number of benzene rings is 1. The molecule has 0 unspecified atom stereocenters. The lowest BCUT2D eigenvalue weighted by Crippen LogP contribution is -2.47. The van der Waals surface area contributed by atoms with Gasteiger partial charge in [0.25, 0.3) is 11.7 Å². The number of furan rings is 1. The summed E-state index contributed by atoms with van der Waals surface area (Å²) in [5, 5.41) is 3.07. The van der Waals surface area contributed by atoms with Gasteiger partial charge in [-0.25, -0.2) is 4.98 Å². The van der Waals surface area contributed by atoms with Crippen LogP contribution in [0.1, 0.15) is 23.2 Å². The molecule has 0 atom stereocenters. The number of carbonyl (C=O) groups is 2. The lowest BCUT2D eigenvalue weighted by Gasteiger charge is -2.32. The van der Waals surface area contributed by atoms with E-state index in [0.29, 0.717) is 54.3 Å². The number of para-hydroxylation sites is 2. The van der Waals surface area contributed by atoms with E-state index in [4.69, 9.17) is 4.42 Å². The molecular formula is C20H20F2N4O3S. The number of aromatic nitrogens is 2. The van der Waals surface area contributed by atoms with E-state index in [1.165, 1.54) is 17.1 Å². The number of imidazole rings is 1. The highest BCUT2D eigenvalue weighted by atomic mass is 32.2. The maximum absolute atomic E-state index is 12.9. The van der Waals surface area contributed by atoms with Crippen LogP contribution in [0.15, 0.2) is 52.4 Å². The minimum Gasteiger partial charge on any atom is -0.472 e. The van der Waals surface area contributed by atoms with Crippen LogP contribution in [0.4, 0.5) is 8.78 Å². The predicted octanol–water partition coefficient (Wildman–Crippen LogP) is 3.37. The second kappa shape index (κ2) is 8.86. The van der Waals surface area contributed by atoms with Crippen molar-refractivity contribution in [2.75, 3.05) is 13.1 Å². The smallest absolute Gasteiger partial charge is 0.291 e. The van der Waals surface area contributed by atoms with Gasteiger partial charge >= 0.3 is 0 Å². The summed E-state index contributed by atoms with van der Waals surface area (Å²) in [4.78, 5) is 30.9. The maximum Gasteiger partial charge on any atom is 0.291 e. The zero-order chi connectivity index (χ0) is 21.1. The Hall–Kier alpha value is -2.88. The highest BCUT2D eigenvalue weighted by Gasteiger charge is 2.26.